The van der Waals surface area contributed by atoms with Crippen molar-refractivity contribution in [1.29, 1.82) is 0 Å². The molecule has 0 radical (unpaired) electrons. The Morgan fingerprint density at radius 1 is 1.31 bits per heavy atom. The van der Waals surface area contributed by atoms with E-state index < -0.39 is 23.8 Å². The second kappa shape index (κ2) is 5.55. The summed E-state index contributed by atoms with van der Waals surface area (Å²) in [6.45, 7) is 0. The smallest absolute Gasteiger partial charge is 0.373 e. The number of hydrogen-bond donors (Lipinski definition) is 3. The summed E-state index contributed by atoms with van der Waals surface area (Å²) in [6, 6.07) is -1.06. The van der Waals surface area contributed by atoms with Crippen molar-refractivity contribution in [3.63, 3.8) is 0 Å². The molecule has 74 valence electrons. The lowest BCUT2D eigenvalue weighted by molar-refractivity contribution is -0.147. The van der Waals surface area contributed by atoms with Gasteiger partial charge in [-0.1, -0.05) is 0 Å². The summed E-state index contributed by atoms with van der Waals surface area (Å²) < 4.78 is 0. The van der Waals surface area contributed by atoms with Gasteiger partial charge in [0.2, 0.25) is 5.78 Å². The van der Waals surface area contributed by atoms with Gasteiger partial charge in [-0.05, 0) is 0 Å². The SMILES string of the molecule is NC(CSCC(=O)C(=O)O)C(=O)O. The van der Waals surface area contributed by atoms with Gasteiger partial charge in [-0.15, -0.1) is 0 Å². The number of Topliss-reactive ketones (excluding diaryl/α,β-unsaturated/α-hetero) is 1. The van der Waals surface area contributed by atoms with Gasteiger partial charge in [0, 0.05) is 5.75 Å². The molecule has 0 saturated carbocycles. The molecule has 0 fully saturated rings. The Labute approximate surface area is 78.1 Å². The van der Waals surface area contributed by atoms with Crippen molar-refractivity contribution in [2.45, 2.75) is 6.04 Å². The lowest BCUT2D eigenvalue weighted by Crippen LogP contribution is -2.33. The van der Waals surface area contributed by atoms with Gasteiger partial charge >= 0.3 is 11.9 Å². The Morgan fingerprint density at radius 3 is 2.23 bits per heavy atom. The highest BCUT2D eigenvalue weighted by Crippen LogP contribution is 2.01. The second-order valence-electron chi connectivity index (χ2n) is 2.19. The molecule has 0 aromatic carbocycles. The first-order valence-corrected chi connectivity index (χ1v) is 4.43. The maximum atomic E-state index is 10.5. The average Bonchev–Trinajstić information content (AvgIpc) is 2.03. The second-order valence-corrected chi connectivity index (χ2v) is 3.22. The number of rotatable bonds is 6. The molecule has 13 heavy (non-hydrogen) atoms. The van der Waals surface area contributed by atoms with Crippen molar-refractivity contribution in [2.24, 2.45) is 5.73 Å². The van der Waals surface area contributed by atoms with Crippen molar-refractivity contribution in [2.75, 3.05) is 11.5 Å². The molecular weight excluding hydrogens is 198 g/mol. The van der Waals surface area contributed by atoms with Crippen LogP contribution in [0.15, 0.2) is 0 Å². The number of carboxylic acids is 2. The summed E-state index contributed by atoms with van der Waals surface area (Å²) in [4.78, 5) is 30.7. The molecule has 4 N–H and O–H groups in total. The molecule has 0 aromatic rings. The molecule has 0 aliphatic rings. The molecule has 6 nitrogen and oxygen atoms in total. The molecule has 0 aliphatic heterocycles. The van der Waals surface area contributed by atoms with E-state index >= 15 is 0 Å². The van der Waals surface area contributed by atoms with E-state index in [0.29, 0.717) is 0 Å². The van der Waals surface area contributed by atoms with Crippen LogP contribution in [0.25, 0.3) is 0 Å². The molecule has 0 aliphatic carbocycles. The maximum absolute atomic E-state index is 10.5. The van der Waals surface area contributed by atoms with Crippen LogP contribution in [-0.4, -0.2) is 45.5 Å². The number of nitrogens with two attached hydrogens (primary N) is 1. The van der Waals surface area contributed by atoms with E-state index in [4.69, 9.17) is 15.9 Å². The summed E-state index contributed by atoms with van der Waals surface area (Å²) in [5.74, 6) is -3.88. The van der Waals surface area contributed by atoms with Gasteiger partial charge in [-0.2, -0.15) is 11.8 Å². The number of aliphatic carboxylic acids is 2. The quantitative estimate of drug-likeness (QED) is 0.467. The largest absolute Gasteiger partial charge is 0.480 e. The minimum Gasteiger partial charge on any atom is -0.480 e. The molecule has 0 rings (SSSR count). The molecule has 0 saturated heterocycles. The van der Waals surface area contributed by atoms with Crippen LogP contribution in [0, 0.1) is 0 Å². The maximum Gasteiger partial charge on any atom is 0.373 e. The monoisotopic (exact) mass is 207 g/mol. The number of carbonyl (C=O) groups is 3. The predicted molar refractivity (Wildman–Crippen MR) is 45.6 cm³/mol. The van der Waals surface area contributed by atoms with Crippen LogP contribution in [0.4, 0.5) is 0 Å². The lowest BCUT2D eigenvalue weighted by Gasteiger charge is -2.03. The number of thioether (sulfide) groups is 1. The molecule has 0 aromatic heterocycles. The highest BCUT2D eigenvalue weighted by Gasteiger charge is 2.15. The summed E-state index contributed by atoms with van der Waals surface area (Å²) in [5, 5.41) is 16.5. The Balaban J connectivity index is 3.62. The first kappa shape index (κ1) is 11.9. The first-order chi connectivity index (χ1) is 5.95. The van der Waals surface area contributed by atoms with Gasteiger partial charge in [0.1, 0.15) is 6.04 Å². The molecule has 0 spiro atoms. The van der Waals surface area contributed by atoms with Crippen molar-refractivity contribution in [3.05, 3.63) is 0 Å². The molecular formula is C6H9NO5S. The van der Waals surface area contributed by atoms with Crippen LogP contribution >= 0.6 is 11.8 Å². The van der Waals surface area contributed by atoms with Crippen LogP contribution in [0.3, 0.4) is 0 Å². The summed E-state index contributed by atoms with van der Waals surface area (Å²) in [6.07, 6.45) is 0. The molecule has 0 bridgehead atoms. The molecule has 0 amide bonds. The van der Waals surface area contributed by atoms with Crippen LogP contribution in [0.1, 0.15) is 0 Å². The fourth-order valence-electron chi connectivity index (χ4n) is 0.412. The number of carboxylic acid groups (broad SMARTS) is 2. The van der Waals surface area contributed by atoms with Crippen LogP contribution in [-0.2, 0) is 14.4 Å². The van der Waals surface area contributed by atoms with Crippen molar-refractivity contribution in [1.82, 2.24) is 0 Å². The third-order valence-electron chi connectivity index (χ3n) is 1.09. The van der Waals surface area contributed by atoms with Crippen molar-refractivity contribution < 1.29 is 24.6 Å². The lowest BCUT2D eigenvalue weighted by atomic mass is 10.4. The van der Waals surface area contributed by atoms with Gasteiger partial charge in [0.25, 0.3) is 0 Å². The van der Waals surface area contributed by atoms with E-state index in [2.05, 4.69) is 0 Å². The van der Waals surface area contributed by atoms with Gasteiger partial charge in [-0.25, -0.2) is 4.79 Å². The van der Waals surface area contributed by atoms with Gasteiger partial charge in [0.15, 0.2) is 0 Å². The third kappa shape index (κ3) is 5.21. The summed E-state index contributed by atoms with van der Waals surface area (Å²) in [7, 11) is 0. The minimum absolute atomic E-state index is 0.0222. The zero-order chi connectivity index (χ0) is 10.4. The van der Waals surface area contributed by atoms with Crippen LogP contribution < -0.4 is 5.73 Å². The van der Waals surface area contributed by atoms with E-state index in [1.165, 1.54) is 0 Å². The number of carbonyl (C=O) groups excluding carboxylic acids is 1. The highest BCUT2D eigenvalue weighted by atomic mass is 32.2. The van der Waals surface area contributed by atoms with Gasteiger partial charge in [-0.3, -0.25) is 9.59 Å². The van der Waals surface area contributed by atoms with E-state index in [1.54, 1.807) is 0 Å². The van der Waals surface area contributed by atoms with Crippen LogP contribution in [0.5, 0.6) is 0 Å². The Kier molecular flexibility index (Phi) is 5.09. The van der Waals surface area contributed by atoms with Gasteiger partial charge < -0.3 is 15.9 Å². The third-order valence-corrected chi connectivity index (χ3v) is 2.15. The molecule has 1 atom stereocenters. The normalized spacial score (nSPS) is 12.1. The average molecular weight is 207 g/mol. The Morgan fingerprint density at radius 2 is 1.85 bits per heavy atom. The first-order valence-electron chi connectivity index (χ1n) is 3.27. The minimum atomic E-state index is -1.52. The molecule has 0 heterocycles. The molecule has 1 unspecified atom stereocenters. The topological polar surface area (TPSA) is 118 Å². The predicted octanol–water partition coefficient (Wildman–Crippen LogP) is -1.21. The fraction of sp³-hybridized carbons (Fsp3) is 0.500. The van der Waals surface area contributed by atoms with Crippen molar-refractivity contribution >= 4 is 29.5 Å². The summed E-state index contributed by atoms with van der Waals surface area (Å²) >= 11 is 0.890. The van der Waals surface area contributed by atoms with Crippen LogP contribution in [0.2, 0.25) is 0 Å². The zero-order valence-electron chi connectivity index (χ0n) is 6.60. The standard InChI is InChI=1S/C6H9NO5S/c7-3(5(9)10)1-13-2-4(8)6(11)12/h3H,1-2,7H2,(H,9,10)(H,11,12). The van der Waals surface area contributed by atoms with E-state index in [1.807, 2.05) is 0 Å². The fourth-order valence-corrected chi connectivity index (χ4v) is 1.23. The number of ketones is 1. The highest BCUT2D eigenvalue weighted by molar-refractivity contribution is 8.00. The Bertz CT molecular complexity index is 229. The summed E-state index contributed by atoms with van der Waals surface area (Å²) in [5.41, 5.74) is 5.10. The zero-order valence-corrected chi connectivity index (χ0v) is 7.41. The van der Waals surface area contributed by atoms with Gasteiger partial charge in [0.05, 0.1) is 5.75 Å². The van der Waals surface area contributed by atoms with E-state index in [9.17, 15) is 14.4 Å². The van der Waals surface area contributed by atoms with Crippen molar-refractivity contribution in [3.8, 4) is 0 Å². The number of hydrogen-bond acceptors (Lipinski definition) is 5. The Hall–Kier alpha value is -1.08. The molecule has 7 heteroatoms. The van der Waals surface area contributed by atoms with E-state index in [-0.39, 0.29) is 11.5 Å². The van der Waals surface area contributed by atoms with E-state index in [0.717, 1.165) is 11.8 Å².